The Morgan fingerprint density at radius 1 is 0.963 bits per heavy atom. The standard InChI is InChI=1S/C23H29NO3/c1-3-26-20-13-12-18(16-21(20)27-4-2)17-24-22(25)23(14-8-9-15-23)19-10-6-5-7-11-19/h5-7,10-13,16H,3-4,8-9,14-15,17H2,1-2H3,(H,24,25). The van der Waals surface area contributed by atoms with Crippen LogP contribution in [0.1, 0.15) is 50.7 Å². The predicted molar refractivity (Wildman–Crippen MR) is 107 cm³/mol. The molecule has 0 heterocycles. The molecule has 0 bridgehead atoms. The molecule has 1 aliphatic rings. The van der Waals surface area contributed by atoms with Crippen LogP contribution in [0.2, 0.25) is 0 Å². The van der Waals surface area contributed by atoms with Gasteiger partial charge in [-0.2, -0.15) is 0 Å². The second-order valence-corrected chi connectivity index (χ2v) is 6.99. The van der Waals surface area contributed by atoms with E-state index in [4.69, 9.17) is 9.47 Å². The van der Waals surface area contributed by atoms with Crippen LogP contribution < -0.4 is 14.8 Å². The van der Waals surface area contributed by atoms with E-state index in [1.54, 1.807) is 0 Å². The first kappa shape index (κ1) is 19.3. The third kappa shape index (κ3) is 4.26. The van der Waals surface area contributed by atoms with Crippen molar-refractivity contribution < 1.29 is 14.3 Å². The fourth-order valence-corrected chi connectivity index (χ4v) is 3.94. The highest BCUT2D eigenvalue weighted by Crippen LogP contribution is 2.41. The maximum Gasteiger partial charge on any atom is 0.230 e. The number of benzene rings is 2. The molecule has 0 spiro atoms. The van der Waals surface area contributed by atoms with Crippen molar-refractivity contribution in [2.75, 3.05) is 13.2 Å². The minimum Gasteiger partial charge on any atom is -0.490 e. The van der Waals surface area contributed by atoms with Gasteiger partial charge in [0.15, 0.2) is 11.5 Å². The normalized spacial score (nSPS) is 15.3. The molecule has 27 heavy (non-hydrogen) atoms. The summed E-state index contributed by atoms with van der Waals surface area (Å²) in [6.45, 7) is 5.56. The van der Waals surface area contributed by atoms with Crippen LogP contribution in [0.5, 0.6) is 11.5 Å². The molecule has 1 N–H and O–H groups in total. The molecule has 1 fully saturated rings. The monoisotopic (exact) mass is 367 g/mol. The number of ether oxygens (including phenoxy) is 2. The van der Waals surface area contributed by atoms with Crippen molar-refractivity contribution in [2.24, 2.45) is 0 Å². The van der Waals surface area contributed by atoms with E-state index in [0.717, 1.165) is 48.3 Å². The SMILES string of the molecule is CCOc1ccc(CNC(=O)C2(c3ccccc3)CCCC2)cc1OCC. The Bertz CT molecular complexity index is 751. The molecule has 1 saturated carbocycles. The Morgan fingerprint density at radius 3 is 2.30 bits per heavy atom. The van der Waals surface area contributed by atoms with Crippen molar-refractivity contribution >= 4 is 5.91 Å². The molecule has 3 rings (SSSR count). The summed E-state index contributed by atoms with van der Waals surface area (Å²) in [6.07, 6.45) is 4.02. The Balaban J connectivity index is 1.73. The highest BCUT2D eigenvalue weighted by molar-refractivity contribution is 5.88. The lowest BCUT2D eigenvalue weighted by Crippen LogP contribution is -2.42. The maximum absolute atomic E-state index is 13.2. The van der Waals surface area contributed by atoms with Crippen LogP contribution in [-0.4, -0.2) is 19.1 Å². The van der Waals surface area contributed by atoms with E-state index >= 15 is 0 Å². The van der Waals surface area contributed by atoms with Crippen molar-refractivity contribution in [3.63, 3.8) is 0 Å². The van der Waals surface area contributed by atoms with Gasteiger partial charge in [-0.1, -0.05) is 49.2 Å². The zero-order chi connectivity index (χ0) is 19.1. The van der Waals surface area contributed by atoms with Crippen molar-refractivity contribution in [1.29, 1.82) is 0 Å². The van der Waals surface area contributed by atoms with Crippen LogP contribution in [0.3, 0.4) is 0 Å². The fraction of sp³-hybridized carbons (Fsp3) is 0.435. The molecule has 0 aromatic heterocycles. The first-order valence-electron chi connectivity index (χ1n) is 9.92. The molecule has 0 unspecified atom stereocenters. The van der Waals surface area contributed by atoms with E-state index in [2.05, 4.69) is 17.4 Å². The molecular weight excluding hydrogens is 338 g/mol. The number of amides is 1. The third-order valence-corrected chi connectivity index (χ3v) is 5.28. The summed E-state index contributed by atoms with van der Waals surface area (Å²) < 4.78 is 11.3. The van der Waals surface area contributed by atoms with Gasteiger partial charge >= 0.3 is 0 Å². The molecule has 2 aromatic rings. The number of hydrogen-bond donors (Lipinski definition) is 1. The second-order valence-electron chi connectivity index (χ2n) is 6.99. The van der Waals surface area contributed by atoms with Gasteiger partial charge in [0.05, 0.1) is 18.6 Å². The summed E-state index contributed by atoms with van der Waals surface area (Å²) in [4.78, 5) is 13.2. The van der Waals surface area contributed by atoms with E-state index in [1.807, 2.05) is 50.2 Å². The number of carbonyl (C=O) groups excluding carboxylic acids is 1. The van der Waals surface area contributed by atoms with E-state index in [1.165, 1.54) is 0 Å². The van der Waals surface area contributed by atoms with Crippen LogP contribution in [0.4, 0.5) is 0 Å². The van der Waals surface area contributed by atoms with Crippen LogP contribution >= 0.6 is 0 Å². The van der Waals surface area contributed by atoms with Crippen LogP contribution in [0, 0.1) is 0 Å². The average Bonchev–Trinajstić information content (AvgIpc) is 3.20. The summed E-state index contributed by atoms with van der Waals surface area (Å²) in [5, 5.41) is 3.17. The van der Waals surface area contributed by atoms with Gasteiger partial charge in [-0.15, -0.1) is 0 Å². The molecule has 2 aromatic carbocycles. The summed E-state index contributed by atoms with van der Waals surface area (Å²) >= 11 is 0. The summed E-state index contributed by atoms with van der Waals surface area (Å²) in [5.41, 5.74) is 1.74. The third-order valence-electron chi connectivity index (χ3n) is 5.28. The van der Waals surface area contributed by atoms with Gasteiger partial charge in [0.1, 0.15) is 0 Å². The minimum absolute atomic E-state index is 0.123. The van der Waals surface area contributed by atoms with Crippen LogP contribution in [0.25, 0.3) is 0 Å². The van der Waals surface area contributed by atoms with Gasteiger partial charge in [-0.3, -0.25) is 4.79 Å². The van der Waals surface area contributed by atoms with Crippen molar-refractivity contribution in [1.82, 2.24) is 5.32 Å². The Hall–Kier alpha value is -2.49. The maximum atomic E-state index is 13.2. The highest BCUT2D eigenvalue weighted by Gasteiger charge is 2.42. The van der Waals surface area contributed by atoms with Gasteiger partial charge in [-0.05, 0) is 49.9 Å². The first-order valence-corrected chi connectivity index (χ1v) is 9.92. The van der Waals surface area contributed by atoms with Crippen LogP contribution in [-0.2, 0) is 16.8 Å². The summed E-state index contributed by atoms with van der Waals surface area (Å²) in [6, 6.07) is 16.0. The van der Waals surface area contributed by atoms with E-state index in [-0.39, 0.29) is 5.91 Å². The Labute approximate surface area is 161 Å². The number of rotatable bonds is 8. The first-order chi connectivity index (χ1) is 13.2. The van der Waals surface area contributed by atoms with Gasteiger partial charge < -0.3 is 14.8 Å². The topological polar surface area (TPSA) is 47.6 Å². The lowest BCUT2D eigenvalue weighted by molar-refractivity contribution is -0.126. The molecular formula is C23H29NO3. The minimum atomic E-state index is -0.394. The van der Waals surface area contributed by atoms with E-state index in [0.29, 0.717) is 19.8 Å². The molecule has 0 saturated heterocycles. The van der Waals surface area contributed by atoms with Crippen molar-refractivity contribution in [2.45, 2.75) is 51.5 Å². The lowest BCUT2D eigenvalue weighted by atomic mass is 9.78. The van der Waals surface area contributed by atoms with Crippen molar-refractivity contribution in [3.05, 3.63) is 59.7 Å². The molecule has 144 valence electrons. The Morgan fingerprint density at radius 2 is 1.63 bits per heavy atom. The van der Waals surface area contributed by atoms with Gasteiger partial charge in [0.2, 0.25) is 5.91 Å². The molecule has 1 amide bonds. The van der Waals surface area contributed by atoms with Crippen molar-refractivity contribution in [3.8, 4) is 11.5 Å². The number of carbonyl (C=O) groups is 1. The van der Waals surface area contributed by atoms with Gasteiger partial charge in [-0.25, -0.2) is 0 Å². The molecule has 1 aliphatic carbocycles. The summed E-state index contributed by atoms with van der Waals surface area (Å²) in [7, 11) is 0. The van der Waals surface area contributed by atoms with E-state index < -0.39 is 5.41 Å². The zero-order valence-electron chi connectivity index (χ0n) is 16.3. The van der Waals surface area contributed by atoms with Gasteiger partial charge in [0, 0.05) is 6.54 Å². The van der Waals surface area contributed by atoms with E-state index in [9.17, 15) is 4.79 Å². The fourth-order valence-electron chi connectivity index (χ4n) is 3.94. The van der Waals surface area contributed by atoms with Gasteiger partial charge in [0.25, 0.3) is 0 Å². The molecule has 4 nitrogen and oxygen atoms in total. The largest absolute Gasteiger partial charge is 0.490 e. The number of nitrogens with one attached hydrogen (secondary N) is 1. The lowest BCUT2D eigenvalue weighted by Gasteiger charge is -2.28. The summed E-state index contributed by atoms with van der Waals surface area (Å²) in [5.74, 6) is 1.59. The molecule has 4 heteroatoms. The average molecular weight is 367 g/mol. The smallest absolute Gasteiger partial charge is 0.230 e. The zero-order valence-corrected chi connectivity index (χ0v) is 16.3. The predicted octanol–water partition coefficient (Wildman–Crippen LogP) is 4.61. The quantitative estimate of drug-likeness (QED) is 0.741. The second kappa shape index (κ2) is 8.94. The molecule has 0 radical (unpaired) electrons. The highest BCUT2D eigenvalue weighted by atomic mass is 16.5. The van der Waals surface area contributed by atoms with Crippen LogP contribution in [0.15, 0.2) is 48.5 Å². The molecule has 0 aliphatic heterocycles. The Kier molecular flexibility index (Phi) is 6.38. The molecule has 0 atom stereocenters. The number of hydrogen-bond acceptors (Lipinski definition) is 3.